The molecule has 8 heteroatoms. The summed E-state index contributed by atoms with van der Waals surface area (Å²) in [5, 5.41) is 2.86. The van der Waals surface area contributed by atoms with Crippen molar-refractivity contribution in [3.05, 3.63) is 87.6 Å². The number of pyridine rings is 2. The van der Waals surface area contributed by atoms with E-state index in [4.69, 9.17) is 9.47 Å². The fourth-order valence-electron chi connectivity index (χ4n) is 4.36. The average Bonchev–Trinajstić information content (AvgIpc) is 3.01. The molecule has 5 rings (SSSR count). The van der Waals surface area contributed by atoms with Crippen LogP contribution in [0.3, 0.4) is 0 Å². The van der Waals surface area contributed by atoms with Gasteiger partial charge in [0.25, 0.3) is 5.91 Å². The molecule has 0 radical (unpaired) electrons. The van der Waals surface area contributed by atoms with Gasteiger partial charge in [0.1, 0.15) is 5.56 Å². The number of fused-ring (bicyclic) bond motifs is 3. The van der Waals surface area contributed by atoms with Gasteiger partial charge in [-0.15, -0.1) is 11.8 Å². The highest BCUT2D eigenvalue weighted by atomic mass is 32.2. The van der Waals surface area contributed by atoms with Gasteiger partial charge in [-0.25, -0.2) is 0 Å². The van der Waals surface area contributed by atoms with Crippen LogP contribution in [0.15, 0.2) is 64.4 Å². The number of nitrogens with one attached hydrogen (secondary N) is 1. The molecule has 0 spiro atoms. The third-order valence-corrected chi connectivity index (χ3v) is 7.16. The lowest BCUT2D eigenvalue weighted by molar-refractivity contribution is -0.0855. The molecule has 1 amide bonds. The standard InChI is InChI=1S/C25H25N3O4S/c1-16-12-21(29)24(25(30)27-14-17-15-31-10-11-32-17)20-13-23(18-6-4-5-9-26-18)33-22-8-3-2-7-19(22)28(16)20/h2-9,12,17,23H,10-11,13-15H2,1H3,(H,27,30). The molecule has 7 nitrogen and oxygen atoms in total. The van der Waals surface area contributed by atoms with E-state index in [1.165, 1.54) is 0 Å². The van der Waals surface area contributed by atoms with Gasteiger partial charge in [0.2, 0.25) is 0 Å². The summed E-state index contributed by atoms with van der Waals surface area (Å²) in [6.45, 7) is 3.69. The van der Waals surface area contributed by atoms with E-state index in [-0.39, 0.29) is 28.3 Å². The maximum atomic E-state index is 13.3. The Labute approximate surface area is 196 Å². The largest absolute Gasteiger partial charge is 0.376 e. The zero-order chi connectivity index (χ0) is 22.8. The number of para-hydroxylation sites is 1. The average molecular weight is 464 g/mol. The highest BCUT2D eigenvalue weighted by molar-refractivity contribution is 7.99. The molecule has 2 unspecified atom stereocenters. The molecule has 170 valence electrons. The lowest BCUT2D eigenvalue weighted by Gasteiger charge is -2.24. The first kappa shape index (κ1) is 21.9. The molecule has 1 aromatic carbocycles. The molecule has 2 aliphatic rings. The van der Waals surface area contributed by atoms with E-state index in [9.17, 15) is 9.59 Å². The quantitative estimate of drug-likeness (QED) is 0.640. The molecule has 2 atom stereocenters. The smallest absolute Gasteiger partial charge is 0.257 e. The van der Waals surface area contributed by atoms with Gasteiger partial charge in [0.15, 0.2) is 5.43 Å². The van der Waals surface area contributed by atoms with Crippen molar-refractivity contribution in [3.8, 4) is 5.69 Å². The summed E-state index contributed by atoms with van der Waals surface area (Å²) in [7, 11) is 0. The number of nitrogens with zero attached hydrogens (tertiary/aromatic N) is 2. The van der Waals surface area contributed by atoms with Gasteiger partial charge in [0.05, 0.1) is 42.6 Å². The van der Waals surface area contributed by atoms with Gasteiger partial charge in [-0.3, -0.25) is 14.6 Å². The fourth-order valence-corrected chi connectivity index (χ4v) is 5.60. The number of carbonyl (C=O) groups excluding carboxylic acids is 1. The second kappa shape index (κ2) is 9.51. The molecule has 2 aromatic heterocycles. The van der Waals surface area contributed by atoms with Crippen LogP contribution < -0.4 is 10.7 Å². The first-order valence-electron chi connectivity index (χ1n) is 11.0. The van der Waals surface area contributed by atoms with Crippen LogP contribution in [-0.2, 0) is 15.9 Å². The molecule has 4 heterocycles. The number of aryl methyl sites for hydroxylation is 1. The van der Waals surface area contributed by atoms with Gasteiger partial charge >= 0.3 is 0 Å². The van der Waals surface area contributed by atoms with Crippen molar-refractivity contribution in [2.24, 2.45) is 0 Å². The molecular weight excluding hydrogens is 438 g/mol. The maximum Gasteiger partial charge on any atom is 0.257 e. The number of thioether (sulfide) groups is 1. The highest BCUT2D eigenvalue weighted by Gasteiger charge is 2.30. The van der Waals surface area contributed by atoms with Gasteiger partial charge in [-0.05, 0) is 31.2 Å². The van der Waals surface area contributed by atoms with Gasteiger partial charge in [0, 0.05) is 41.5 Å². The first-order valence-corrected chi connectivity index (χ1v) is 11.9. The summed E-state index contributed by atoms with van der Waals surface area (Å²) in [5.74, 6) is -0.387. The van der Waals surface area contributed by atoms with E-state index in [2.05, 4.69) is 16.4 Å². The zero-order valence-electron chi connectivity index (χ0n) is 18.3. The Morgan fingerprint density at radius 3 is 2.85 bits per heavy atom. The third kappa shape index (κ3) is 4.46. The Bertz CT molecular complexity index is 1220. The Hall–Kier alpha value is -2.94. The van der Waals surface area contributed by atoms with Crippen LogP contribution in [0.2, 0.25) is 0 Å². The van der Waals surface area contributed by atoms with Crippen molar-refractivity contribution in [2.75, 3.05) is 26.4 Å². The van der Waals surface area contributed by atoms with Crippen LogP contribution >= 0.6 is 11.8 Å². The summed E-state index contributed by atoms with van der Waals surface area (Å²) in [5.41, 5.74) is 3.28. The first-order chi connectivity index (χ1) is 16.1. The normalized spacial score (nSPS) is 19.8. The van der Waals surface area contributed by atoms with Crippen molar-refractivity contribution in [1.29, 1.82) is 0 Å². The maximum absolute atomic E-state index is 13.3. The van der Waals surface area contributed by atoms with E-state index >= 15 is 0 Å². The van der Waals surface area contributed by atoms with E-state index in [0.29, 0.717) is 38.5 Å². The van der Waals surface area contributed by atoms with Gasteiger partial charge in [-0.1, -0.05) is 18.2 Å². The summed E-state index contributed by atoms with van der Waals surface area (Å²) >= 11 is 1.70. The number of hydrogen-bond acceptors (Lipinski definition) is 6. The monoisotopic (exact) mass is 463 g/mol. The molecule has 33 heavy (non-hydrogen) atoms. The fraction of sp³-hybridized carbons (Fsp3) is 0.320. The molecule has 3 aromatic rings. The predicted molar refractivity (Wildman–Crippen MR) is 126 cm³/mol. The van der Waals surface area contributed by atoms with Crippen LogP contribution in [0, 0.1) is 6.92 Å². The summed E-state index contributed by atoms with van der Waals surface area (Å²) in [4.78, 5) is 32.1. The minimum absolute atomic E-state index is 0.0380. The van der Waals surface area contributed by atoms with E-state index < -0.39 is 0 Å². The topological polar surface area (TPSA) is 82.5 Å². The molecule has 0 saturated carbocycles. The zero-order valence-corrected chi connectivity index (χ0v) is 19.1. The van der Waals surface area contributed by atoms with Gasteiger partial charge in [-0.2, -0.15) is 0 Å². The molecule has 2 aliphatic heterocycles. The van der Waals surface area contributed by atoms with Crippen LogP contribution in [0.1, 0.15) is 32.7 Å². The SMILES string of the molecule is Cc1cc(=O)c(C(=O)NCC2COCCO2)c2n1-c1ccccc1SC(c1ccccn1)C2. The molecule has 1 N–H and O–H groups in total. The van der Waals surface area contributed by atoms with Crippen LogP contribution in [-0.4, -0.2) is 47.9 Å². The Morgan fingerprint density at radius 2 is 2.06 bits per heavy atom. The van der Waals surface area contributed by atoms with E-state index in [1.807, 2.05) is 47.9 Å². The number of benzene rings is 1. The summed E-state index contributed by atoms with van der Waals surface area (Å²) in [6, 6.07) is 15.5. The molecular formula is C25H25N3O4S. The van der Waals surface area contributed by atoms with Crippen molar-refractivity contribution in [2.45, 2.75) is 29.6 Å². The third-order valence-electron chi connectivity index (χ3n) is 5.87. The van der Waals surface area contributed by atoms with Crippen LogP contribution in [0.25, 0.3) is 5.69 Å². The number of amides is 1. The van der Waals surface area contributed by atoms with Crippen molar-refractivity contribution < 1.29 is 14.3 Å². The Kier molecular flexibility index (Phi) is 6.30. The number of carbonyl (C=O) groups is 1. The summed E-state index contributed by atoms with van der Waals surface area (Å²) < 4.78 is 13.1. The predicted octanol–water partition coefficient (Wildman–Crippen LogP) is 3.08. The van der Waals surface area contributed by atoms with Crippen LogP contribution in [0.4, 0.5) is 0 Å². The Morgan fingerprint density at radius 1 is 1.21 bits per heavy atom. The van der Waals surface area contributed by atoms with E-state index in [1.54, 1.807) is 24.0 Å². The number of aromatic nitrogens is 2. The second-order valence-corrected chi connectivity index (χ2v) is 9.36. The minimum Gasteiger partial charge on any atom is -0.376 e. The highest BCUT2D eigenvalue weighted by Crippen LogP contribution is 2.43. The van der Waals surface area contributed by atoms with Crippen molar-refractivity contribution in [3.63, 3.8) is 0 Å². The number of ether oxygens (including phenoxy) is 2. The lowest BCUT2D eigenvalue weighted by Crippen LogP contribution is -2.41. The van der Waals surface area contributed by atoms with E-state index in [0.717, 1.165) is 22.0 Å². The lowest BCUT2D eigenvalue weighted by atomic mass is 10.0. The molecule has 0 aliphatic carbocycles. The Balaban J connectivity index is 1.59. The number of rotatable bonds is 4. The minimum atomic E-state index is -0.387. The molecule has 1 saturated heterocycles. The molecule has 0 bridgehead atoms. The number of hydrogen-bond donors (Lipinski definition) is 1. The second-order valence-electron chi connectivity index (χ2n) is 8.12. The van der Waals surface area contributed by atoms with Gasteiger partial charge < -0.3 is 19.4 Å². The van der Waals surface area contributed by atoms with Crippen LogP contribution in [0.5, 0.6) is 0 Å². The molecule has 1 fully saturated rings. The summed E-state index contributed by atoms with van der Waals surface area (Å²) in [6.07, 6.45) is 2.06. The van der Waals surface area contributed by atoms with Crippen molar-refractivity contribution in [1.82, 2.24) is 14.9 Å². The van der Waals surface area contributed by atoms with Crippen molar-refractivity contribution >= 4 is 17.7 Å².